The molecule has 5 nitrogen and oxygen atoms in total. The summed E-state index contributed by atoms with van der Waals surface area (Å²) in [5, 5.41) is 15.6. The normalized spacial score (nSPS) is 13.5. The summed E-state index contributed by atoms with van der Waals surface area (Å²) in [7, 11) is 1.58. The molecule has 0 aliphatic carbocycles. The van der Waals surface area contributed by atoms with E-state index in [0.29, 0.717) is 30.8 Å². The first-order valence-electron chi connectivity index (χ1n) is 7.41. The predicted molar refractivity (Wildman–Crippen MR) is 84.6 cm³/mol. The fourth-order valence-electron chi connectivity index (χ4n) is 2.00. The van der Waals surface area contributed by atoms with Gasteiger partial charge in [-0.25, -0.2) is 0 Å². The topological polar surface area (TPSA) is 70.6 Å². The highest BCUT2D eigenvalue weighted by atomic mass is 16.5. The van der Waals surface area contributed by atoms with E-state index in [1.807, 2.05) is 38.1 Å². The summed E-state index contributed by atoms with van der Waals surface area (Å²) in [6.45, 7) is 4.62. The number of ether oxygens (including phenoxy) is 1. The minimum atomic E-state index is -0.271. The molecule has 0 spiro atoms. The van der Waals surface area contributed by atoms with Crippen molar-refractivity contribution < 1.29 is 14.6 Å². The SMILES string of the molecule is CCC(O)CCNC(C)CC(=O)Nc1ccccc1OC. The number of hydrogen-bond acceptors (Lipinski definition) is 4. The van der Waals surface area contributed by atoms with Crippen LogP contribution in [0.25, 0.3) is 0 Å². The molecule has 0 aliphatic rings. The number of aliphatic hydroxyl groups excluding tert-OH is 1. The first-order valence-corrected chi connectivity index (χ1v) is 7.41. The monoisotopic (exact) mass is 294 g/mol. The van der Waals surface area contributed by atoms with Crippen LogP contribution in [-0.2, 0) is 4.79 Å². The summed E-state index contributed by atoms with van der Waals surface area (Å²) in [6.07, 6.45) is 1.56. The molecule has 5 heteroatoms. The van der Waals surface area contributed by atoms with E-state index in [2.05, 4.69) is 10.6 Å². The summed E-state index contributed by atoms with van der Waals surface area (Å²) in [5.74, 6) is 0.591. The molecule has 0 bridgehead atoms. The number of carbonyl (C=O) groups is 1. The summed E-state index contributed by atoms with van der Waals surface area (Å²) in [6, 6.07) is 7.39. The van der Waals surface area contributed by atoms with Gasteiger partial charge in [0.2, 0.25) is 5.91 Å². The number of carbonyl (C=O) groups excluding carboxylic acids is 1. The van der Waals surface area contributed by atoms with Crippen molar-refractivity contribution in [2.24, 2.45) is 0 Å². The lowest BCUT2D eigenvalue weighted by molar-refractivity contribution is -0.116. The van der Waals surface area contributed by atoms with Gasteiger partial charge in [0, 0.05) is 12.5 Å². The predicted octanol–water partition coefficient (Wildman–Crippen LogP) is 2.16. The van der Waals surface area contributed by atoms with Crippen molar-refractivity contribution in [1.29, 1.82) is 0 Å². The Labute approximate surface area is 126 Å². The highest BCUT2D eigenvalue weighted by molar-refractivity contribution is 5.92. The number of aliphatic hydroxyl groups is 1. The largest absolute Gasteiger partial charge is 0.495 e. The third-order valence-electron chi connectivity index (χ3n) is 3.31. The molecule has 0 fully saturated rings. The molecule has 2 atom stereocenters. The fraction of sp³-hybridized carbons (Fsp3) is 0.562. The van der Waals surface area contributed by atoms with E-state index in [4.69, 9.17) is 4.74 Å². The molecule has 0 saturated heterocycles. The molecule has 21 heavy (non-hydrogen) atoms. The molecule has 1 aromatic rings. The van der Waals surface area contributed by atoms with Gasteiger partial charge in [0.15, 0.2) is 0 Å². The van der Waals surface area contributed by atoms with E-state index in [1.165, 1.54) is 0 Å². The molecule has 1 aromatic carbocycles. The van der Waals surface area contributed by atoms with Crippen molar-refractivity contribution in [2.75, 3.05) is 19.0 Å². The quantitative estimate of drug-likeness (QED) is 0.653. The number of nitrogens with one attached hydrogen (secondary N) is 2. The van der Waals surface area contributed by atoms with E-state index in [0.717, 1.165) is 6.42 Å². The number of rotatable bonds is 9. The Morgan fingerprint density at radius 2 is 2.10 bits per heavy atom. The van der Waals surface area contributed by atoms with Crippen molar-refractivity contribution in [3.63, 3.8) is 0 Å². The van der Waals surface area contributed by atoms with Gasteiger partial charge in [0.25, 0.3) is 0 Å². The van der Waals surface area contributed by atoms with Gasteiger partial charge >= 0.3 is 0 Å². The fourth-order valence-corrected chi connectivity index (χ4v) is 2.00. The van der Waals surface area contributed by atoms with Crippen molar-refractivity contribution in [3.05, 3.63) is 24.3 Å². The lowest BCUT2D eigenvalue weighted by atomic mass is 10.1. The van der Waals surface area contributed by atoms with E-state index >= 15 is 0 Å². The van der Waals surface area contributed by atoms with Crippen LogP contribution < -0.4 is 15.4 Å². The Morgan fingerprint density at radius 1 is 1.38 bits per heavy atom. The lowest BCUT2D eigenvalue weighted by Gasteiger charge is -2.16. The standard InChI is InChI=1S/C16H26N2O3/c1-4-13(19)9-10-17-12(2)11-16(20)18-14-7-5-6-8-15(14)21-3/h5-8,12-13,17,19H,4,9-11H2,1-3H3,(H,18,20). The number of hydrogen-bond donors (Lipinski definition) is 3. The van der Waals surface area contributed by atoms with Gasteiger partial charge in [-0.3, -0.25) is 4.79 Å². The zero-order valence-corrected chi connectivity index (χ0v) is 13.1. The van der Waals surface area contributed by atoms with Gasteiger partial charge in [-0.2, -0.15) is 0 Å². The number of benzene rings is 1. The molecule has 3 N–H and O–H groups in total. The lowest BCUT2D eigenvalue weighted by Crippen LogP contribution is -2.32. The van der Waals surface area contributed by atoms with Crippen LogP contribution in [0.3, 0.4) is 0 Å². The van der Waals surface area contributed by atoms with E-state index in [-0.39, 0.29) is 18.1 Å². The van der Waals surface area contributed by atoms with Gasteiger partial charge in [0.1, 0.15) is 5.75 Å². The molecular formula is C16H26N2O3. The minimum absolute atomic E-state index is 0.0590. The molecule has 118 valence electrons. The molecule has 0 aromatic heterocycles. The van der Waals surface area contributed by atoms with E-state index in [9.17, 15) is 9.90 Å². The maximum Gasteiger partial charge on any atom is 0.226 e. The highest BCUT2D eigenvalue weighted by Crippen LogP contribution is 2.23. The first kappa shape index (κ1) is 17.5. The van der Waals surface area contributed by atoms with Gasteiger partial charge in [-0.15, -0.1) is 0 Å². The van der Waals surface area contributed by atoms with Crippen LogP contribution in [0.5, 0.6) is 5.75 Å². The second kappa shape index (κ2) is 9.37. The molecule has 0 heterocycles. The summed E-state index contributed by atoms with van der Waals surface area (Å²) in [5.41, 5.74) is 0.679. The second-order valence-corrected chi connectivity index (χ2v) is 5.16. The van der Waals surface area contributed by atoms with Crippen LogP contribution >= 0.6 is 0 Å². The Balaban J connectivity index is 2.36. The summed E-state index contributed by atoms with van der Waals surface area (Å²) < 4.78 is 5.20. The molecule has 0 saturated carbocycles. The number of amides is 1. The van der Waals surface area contributed by atoms with Gasteiger partial charge in [0.05, 0.1) is 18.9 Å². The van der Waals surface area contributed by atoms with Crippen LogP contribution in [0.2, 0.25) is 0 Å². The van der Waals surface area contributed by atoms with E-state index in [1.54, 1.807) is 7.11 Å². The van der Waals surface area contributed by atoms with E-state index < -0.39 is 0 Å². The maximum atomic E-state index is 12.0. The summed E-state index contributed by atoms with van der Waals surface area (Å²) >= 11 is 0. The second-order valence-electron chi connectivity index (χ2n) is 5.16. The number of methoxy groups -OCH3 is 1. The van der Waals surface area contributed by atoms with Gasteiger partial charge < -0.3 is 20.5 Å². The highest BCUT2D eigenvalue weighted by Gasteiger charge is 2.11. The third-order valence-corrected chi connectivity index (χ3v) is 3.31. The molecule has 1 amide bonds. The van der Waals surface area contributed by atoms with Crippen molar-refractivity contribution >= 4 is 11.6 Å². The zero-order chi connectivity index (χ0) is 15.7. The Morgan fingerprint density at radius 3 is 2.76 bits per heavy atom. The molecule has 2 unspecified atom stereocenters. The van der Waals surface area contributed by atoms with Crippen LogP contribution in [-0.4, -0.2) is 36.8 Å². The molecule has 0 aliphatic heterocycles. The maximum absolute atomic E-state index is 12.0. The average molecular weight is 294 g/mol. The van der Waals surface area contributed by atoms with Crippen LogP contribution in [0, 0.1) is 0 Å². The Bertz CT molecular complexity index is 437. The van der Waals surface area contributed by atoms with Crippen LogP contribution in [0.1, 0.15) is 33.1 Å². The zero-order valence-electron chi connectivity index (χ0n) is 13.1. The first-order chi connectivity index (χ1) is 10.1. The van der Waals surface area contributed by atoms with Crippen molar-refractivity contribution in [1.82, 2.24) is 5.32 Å². The third kappa shape index (κ3) is 6.60. The smallest absolute Gasteiger partial charge is 0.226 e. The molecule has 0 radical (unpaired) electrons. The summed E-state index contributed by atoms with van der Waals surface area (Å²) in [4.78, 5) is 12.0. The average Bonchev–Trinajstić information content (AvgIpc) is 2.47. The van der Waals surface area contributed by atoms with Crippen molar-refractivity contribution in [3.8, 4) is 5.75 Å². The minimum Gasteiger partial charge on any atom is -0.495 e. The van der Waals surface area contributed by atoms with Gasteiger partial charge in [-0.1, -0.05) is 19.1 Å². The number of para-hydroxylation sites is 2. The Hall–Kier alpha value is -1.59. The number of anilines is 1. The Kier molecular flexibility index (Phi) is 7.79. The van der Waals surface area contributed by atoms with Crippen molar-refractivity contribution in [2.45, 2.75) is 45.3 Å². The van der Waals surface area contributed by atoms with Crippen LogP contribution in [0.4, 0.5) is 5.69 Å². The van der Waals surface area contributed by atoms with Crippen LogP contribution in [0.15, 0.2) is 24.3 Å². The molecular weight excluding hydrogens is 268 g/mol. The molecule has 1 rings (SSSR count). The van der Waals surface area contributed by atoms with Gasteiger partial charge in [-0.05, 0) is 38.4 Å².